The molecule has 0 bridgehead atoms. The standard InChI is InChI=1S/C23H26N4O/c1-3-4-10-22(28)26-20(18-8-6-5-7-9-18)15-21(27-23(26)24-16-25-27)19-13-11-17(2)12-14-19/h5-9,11-14,16,20-21H,3-4,10,15H2,1-2H3. The SMILES string of the molecule is CCCCC(=O)N1c2ncnn2C(c2ccc(C)cc2)CC1c1ccccc1. The van der Waals surface area contributed by atoms with Gasteiger partial charge in [-0.1, -0.05) is 73.5 Å². The van der Waals surface area contributed by atoms with Crippen LogP contribution in [0, 0.1) is 6.92 Å². The molecule has 0 radical (unpaired) electrons. The van der Waals surface area contributed by atoms with Crippen LogP contribution in [0.15, 0.2) is 60.9 Å². The van der Waals surface area contributed by atoms with Crippen LogP contribution in [-0.2, 0) is 4.79 Å². The van der Waals surface area contributed by atoms with Gasteiger partial charge in [-0.05, 0) is 30.9 Å². The Morgan fingerprint density at radius 2 is 1.75 bits per heavy atom. The Bertz CT molecular complexity index is 933. The van der Waals surface area contributed by atoms with E-state index in [-0.39, 0.29) is 18.0 Å². The van der Waals surface area contributed by atoms with E-state index in [2.05, 4.69) is 60.3 Å². The van der Waals surface area contributed by atoms with Crippen molar-refractivity contribution >= 4 is 11.9 Å². The molecule has 4 rings (SSSR count). The summed E-state index contributed by atoms with van der Waals surface area (Å²) in [6.07, 6.45) is 4.74. The van der Waals surface area contributed by atoms with Crippen LogP contribution in [0.3, 0.4) is 0 Å². The minimum Gasteiger partial charge on any atom is -0.274 e. The quantitative estimate of drug-likeness (QED) is 0.642. The van der Waals surface area contributed by atoms with Gasteiger partial charge in [-0.15, -0.1) is 0 Å². The molecule has 1 aromatic heterocycles. The van der Waals surface area contributed by atoms with Crippen molar-refractivity contribution in [2.45, 2.75) is 51.6 Å². The summed E-state index contributed by atoms with van der Waals surface area (Å²) in [5.41, 5.74) is 3.56. The minimum atomic E-state index is -0.0476. The van der Waals surface area contributed by atoms with E-state index in [1.54, 1.807) is 6.33 Å². The molecule has 0 saturated carbocycles. The second kappa shape index (κ2) is 7.97. The molecule has 0 fully saturated rings. The number of anilines is 1. The third-order valence-corrected chi connectivity index (χ3v) is 5.48. The topological polar surface area (TPSA) is 51.0 Å². The normalized spacial score (nSPS) is 18.7. The molecule has 0 saturated heterocycles. The van der Waals surface area contributed by atoms with Gasteiger partial charge < -0.3 is 0 Å². The van der Waals surface area contributed by atoms with E-state index in [0.29, 0.717) is 12.4 Å². The molecule has 1 aliphatic heterocycles. The lowest BCUT2D eigenvalue weighted by molar-refractivity contribution is -0.119. The maximum atomic E-state index is 13.1. The molecule has 5 nitrogen and oxygen atoms in total. The Balaban J connectivity index is 1.78. The molecular formula is C23H26N4O. The van der Waals surface area contributed by atoms with Gasteiger partial charge in [0.1, 0.15) is 6.33 Å². The van der Waals surface area contributed by atoms with Crippen LogP contribution in [0.2, 0.25) is 0 Å². The molecule has 2 unspecified atom stereocenters. The summed E-state index contributed by atoms with van der Waals surface area (Å²) >= 11 is 0. The zero-order valence-electron chi connectivity index (χ0n) is 16.5. The average molecular weight is 374 g/mol. The molecule has 0 aliphatic carbocycles. The number of nitrogens with zero attached hydrogens (tertiary/aromatic N) is 4. The smallest absolute Gasteiger partial charge is 0.231 e. The largest absolute Gasteiger partial charge is 0.274 e. The zero-order valence-corrected chi connectivity index (χ0v) is 16.5. The van der Waals surface area contributed by atoms with Gasteiger partial charge >= 0.3 is 0 Å². The molecular weight excluding hydrogens is 348 g/mol. The average Bonchev–Trinajstić information content (AvgIpc) is 3.22. The van der Waals surface area contributed by atoms with Gasteiger partial charge in [-0.25, -0.2) is 4.68 Å². The molecule has 0 spiro atoms. The zero-order chi connectivity index (χ0) is 19.5. The third kappa shape index (κ3) is 3.44. The van der Waals surface area contributed by atoms with Crippen molar-refractivity contribution in [2.75, 3.05) is 4.90 Å². The fraction of sp³-hybridized carbons (Fsp3) is 0.348. The molecule has 2 heterocycles. The van der Waals surface area contributed by atoms with E-state index in [1.807, 2.05) is 27.8 Å². The van der Waals surface area contributed by atoms with E-state index in [4.69, 9.17) is 0 Å². The molecule has 5 heteroatoms. The van der Waals surface area contributed by atoms with Crippen molar-refractivity contribution in [3.63, 3.8) is 0 Å². The third-order valence-electron chi connectivity index (χ3n) is 5.48. The number of rotatable bonds is 5. The first-order valence-corrected chi connectivity index (χ1v) is 10.0. The number of amides is 1. The molecule has 28 heavy (non-hydrogen) atoms. The monoisotopic (exact) mass is 374 g/mol. The molecule has 2 aromatic carbocycles. The summed E-state index contributed by atoms with van der Waals surface area (Å²) in [6.45, 7) is 4.19. The molecule has 2 atom stereocenters. The number of aromatic nitrogens is 3. The number of unbranched alkanes of at least 4 members (excludes halogenated alkanes) is 1. The molecule has 3 aromatic rings. The summed E-state index contributed by atoms with van der Waals surface area (Å²) in [4.78, 5) is 19.5. The first kappa shape index (κ1) is 18.4. The van der Waals surface area contributed by atoms with Crippen molar-refractivity contribution < 1.29 is 4.79 Å². The summed E-state index contributed by atoms with van der Waals surface area (Å²) in [5.74, 6) is 0.763. The van der Waals surface area contributed by atoms with E-state index in [1.165, 1.54) is 11.1 Å². The van der Waals surface area contributed by atoms with E-state index in [9.17, 15) is 4.79 Å². The Hall–Kier alpha value is -2.95. The van der Waals surface area contributed by atoms with Crippen LogP contribution in [0.5, 0.6) is 0 Å². The number of aryl methyl sites for hydroxylation is 1. The highest BCUT2D eigenvalue weighted by atomic mass is 16.2. The Morgan fingerprint density at radius 3 is 2.46 bits per heavy atom. The number of carbonyl (C=O) groups excluding carboxylic acids is 1. The van der Waals surface area contributed by atoms with E-state index in [0.717, 1.165) is 24.8 Å². The Kier molecular flexibility index (Phi) is 5.24. The van der Waals surface area contributed by atoms with Crippen LogP contribution in [-0.4, -0.2) is 20.7 Å². The molecule has 1 amide bonds. The van der Waals surface area contributed by atoms with Crippen LogP contribution < -0.4 is 4.90 Å². The molecule has 144 valence electrons. The fourth-order valence-corrected chi connectivity index (χ4v) is 3.95. The Labute approximate surface area is 166 Å². The van der Waals surface area contributed by atoms with E-state index >= 15 is 0 Å². The van der Waals surface area contributed by atoms with Gasteiger partial charge in [0.25, 0.3) is 0 Å². The lowest BCUT2D eigenvalue weighted by atomic mass is 9.91. The van der Waals surface area contributed by atoms with Gasteiger partial charge in [-0.2, -0.15) is 10.1 Å². The summed E-state index contributed by atoms with van der Waals surface area (Å²) in [7, 11) is 0. The summed E-state index contributed by atoms with van der Waals surface area (Å²) in [5, 5.41) is 4.49. The second-order valence-corrected chi connectivity index (χ2v) is 7.46. The van der Waals surface area contributed by atoms with Crippen LogP contribution in [0.4, 0.5) is 5.95 Å². The summed E-state index contributed by atoms with van der Waals surface area (Å²) in [6, 6.07) is 18.8. The van der Waals surface area contributed by atoms with Gasteiger partial charge in [0, 0.05) is 6.42 Å². The highest BCUT2D eigenvalue weighted by molar-refractivity contribution is 5.92. The first-order chi connectivity index (χ1) is 13.7. The predicted octanol–water partition coefficient (Wildman–Crippen LogP) is 4.84. The van der Waals surface area contributed by atoms with E-state index < -0.39 is 0 Å². The maximum Gasteiger partial charge on any atom is 0.231 e. The van der Waals surface area contributed by atoms with Crippen molar-refractivity contribution in [2.24, 2.45) is 0 Å². The van der Waals surface area contributed by atoms with Crippen LogP contribution in [0.1, 0.15) is 61.4 Å². The summed E-state index contributed by atoms with van der Waals surface area (Å²) < 4.78 is 1.91. The number of fused-ring (bicyclic) bond motifs is 1. The Morgan fingerprint density at radius 1 is 1.04 bits per heavy atom. The highest BCUT2D eigenvalue weighted by Gasteiger charge is 2.38. The van der Waals surface area contributed by atoms with Crippen molar-refractivity contribution in [3.05, 3.63) is 77.6 Å². The fourth-order valence-electron chi connectivity index (χ4n) is 3.95. The second-order valence-electron chi connectivity index (χ2n) is 7.46. The van der Waals surface area contributed by atoms with Crippen LogP contribution in [0.25, 0.3) is 0 Å². The minimum absolute atomic E-state index is 0.0476. The van der Waals surface area contributed by atoms with Gasteiger partial charge in [0.05, 0.1) is 12.1 Å². The lowest BCUT2D eigenvalue weighted by Crippen LogP contribution is -2.42. The highest BCUT2D eigenvalue weighted by Crippen LogP contribution is 2.42. The van der Waals surface area contributed by atoms with Crippen molar-refractivity contribution in [1.82, 2.24) is 14.8 Å². The van der Waals surface area contributed by atoms with Gasteiger partial charge in [-0.3, -0.25) is 9.69 Å². The van der Waals surface area contributed by atoms with Gasteiger partial charge in [0.2, 0.25) is 11.9 Å². The molecule has 0 N–H and O–H groups in total. The number of hydrogen-bond acceptors (Lipinski definition) is 3. The van der Waals surface area contributed by atoms with Crippen LogP contribution >= 0.6 is 0 Å². The molecule has 1 aliphatic rings. The number of hydrogen-bond donors (Lipinski definition) is 0. The predicted molar refractivity (Wildman–Crippen MR) is 110 cm³/mol. The van der Waals surface area contributed by atoms with Gasteiger partial charge in [0.15, 0.2) is 0 Å². The van der Waals surface area contributed by atoms with Crippen molar-refractivity contribution in [3.8, 4) is 0 Å². The maximum absolute atomic E-state index is 13.1. The number of benzene rings is 2. The lowest BCUT2D eigenvalue weighted by Gasteiger charge is -2.39. The first-order valence-electron chi connectivity index (χ1n) is 10.0. The van der Waals surface area contributed by atoms with Crippen molar-refractivity contribution in [1.29, 1.82) is 0 Å². The number of carbonyl (C=O) groups is 1.